The molecule has 2 aromatic heterocycles. The van der Waals surface area contributed by atoms with Gasteiger partial charge in [-0.15, -0.1) is 0 Å². The maximum atomic E-state index is 12.3. The number of rotatable bonds is 6. The normalized spacial score (nSPS) is 13.5. The molecule has 0 aliphatic heterocycles. The van der Waals surface area contributed by atoms with Gasteiger partial charge >= 0.3 is 0 Å². The first-order valence-electron chi connectivity index (χ1n) is 7.01. The first-order chi connectivity index (χ1) is 10.4. The first-order valence-corrected chi connectivity index (χ1v) is 7.39. The topological polar surface area (TPSA) is 79.9 Å². The summed E-state index contributed by atoms with van der Waals surface area (Å²) < 4.78 is 5.66. The number of halogens is 1. The SMILES string of the molecule is CCC(C)(COc1ncccc1Cl)NC(=O)c1cn[nH]c1C. The molecule has 2 aromatic rings. The molecule has 0 aromatic carbocycles. The largest absolute Gasteiger partial charge is 0.474 e. The number of aryl methyl sites for hydroxylation is 1. The number of hydrogen-bond acceptors (Lipinski definition) is 4. The molecule has 0 saturated heterocycles. The second-order valence-corrected chi connectivity index (χ2v) is 5.76. The van der Waals surface area contributed by atoms with Crippen LogP contribution >= 0.6 is 11.6 Å². The van der Waals surface area contributed by atoms with Gasteiger partial charge in [-0.05, 0) is 32.4 Å². The van der Waals surface area contributed by atoms with Crippen molar-refractivity contribution in [2.45, 2.75) is 32.7 Å². The average Bonchev–Trinajstić information content (AvgIpc) is 2.93. The third kappa shape index (κ3) is 3.76. The van der Waals surface area contributed by atoms with Crippen LogP contribution < -0.4 is 10.1 Å². The molecule has 0 aliphatic carbocycles. The summed E-state index contributed by atoms with van der Waals surface area (Å²) in [6, 6.07) is 3.44. The first kappa shape index (κ1) is 16.3. The lowest BCUT2D eigenvalue weighted by Gasteiger charge is -2.29. The van der Waals surface area contributed by atoms with E-state index in [0.29, 0.717) is 22.9 Å². The fourth-order valence-electron chi connectivity index (χ4n) is 1.85. The van der Waals surface area contributed by atoms with Crippen molar-refractivity contribution in [3.8, 4) is 5.88 Å². The van der Waals surface area contributed by atoms with Crippen LogP contribution in [0.1, 0.15) is 36.3 Å². The molecular weight excluding hydrogens is 304 g/mol. The van der Waals surface area contributed by atoms with Crippen LogP contribution in [-0.2, 0) is 0 Å². The number of pyridine rings is 1. The van der Waals surface area contributed by atoms with Gasteiger partial charge in [-0.2, -0.15) is 5.10 Å². The molecule has 6 nitrogen and oxygen atoms in total. The summed E-state index contributed by atoms with van der Waals surface area (Å²) in [6.45, 7) is 5.96. The molecule has 7 heteroatoms. The maximum absolute atomic E-state index is 12.3. The molecular formula is C15H19ClN4O2. The summed E-state index contributed by atoms with van der Waals surface area (Å²) in [6.07, 6.45) is 3.81. The minimum Gasteiger partial charge on any atom is -0.474 e. The summed E-state index contributed by atoms with van der Waals surface area (Å²) in [5.74, 6) is 0.170. The van der Waals surface area contributed by atoms with Gasteiger partial charge in [0.15, 0.2) is 0 Å². The predicted octanol–water partition coefficient (Wildman–Crippen LogP) is 2.74. The van der Waals surface area contributed by atoms with Crippen molar-refractivity contribution in [1.82, 2.24) is 20.5 Å². The van der Waals surface area contributed by atoms with Gasteiger partial charge in [-0.3, -0.25) is 9.89 Å². The number of aromatic nitrogens is 3. The molecule has 0 radical (unpaired) electrons. The van der Waals surface area contributed by atoms with Crippen molar-refractivity contribution in [3.63, 3.8) is 0 Å². The van der Waals surface area contributed by atoms with Crippen molar-refractivity contribution in [2.24, 2.45) is 0 Å². The lowest BCUT2D eigenvalue weighted by molar-refractivity contribution is 0.0859. The minimum atomic E-state index is -0.540. The van der Waals surface area contributed by atoms with Gasteiger partial charge in [0.25, 0.3) is 5.91 Å². The van der Waals surface area contributed by atoms with Gasteiger partial charge in [0.1, 0.15) is 11.6 Å². The molecule has 22 heavy (non-hydrogen) atoms. The average molecular weight is 323 g/mol. The van der Waals surface area contributed by atoms with Crippen molar-refractivity contribution in [1.29, 1.82) is 0 Å². The third-order valence-electron chi connectivity index (χ3n) is 3.52. The molecule has 0 saturated carbocycles. The van der Waals surface area contributed by atoms with E-state index in [9.17, 15) is 4.79 Å². The molecule has 0 bridgehead atoms. The summed E-state index contributed by atoms with van der Waals surface area (Å²) in [4.78, 5) is 16.4. The summed E-state index contributed by atoms with van der Waals surface area (Å²) in [5, 5.41) is 10.0. The fourth-order valence-corrected chi connectivity index (χ4v) is 2.03. The number of carbonyl (C=O) groups excluding carboxylic acids is 1. The Morgan fingerprint density at radius 2 is 2.32 bits per heavy atom. The molecule has 0 fully saturated rings. The Balaban J connectivity index is 2.04. The number of ether oxygens (including phenoxy) is 1. The van der Waals surface area contributed by atoms with E-state index in [1.54, 1.807) is 25.3 Å². The fraction of sp³-hybridized carbons (Fsp3) is 0.400. The molecule has 118 valence electrons. The van der Waals surface area contributed by atoms with E-state index in [0.717, 1.165) is 5.69 Å². The second kappa shape index (κ2) is 6.79. The lowest BCUT2D eigenvalue weighted by Crippen LogP contribution is -2.50. The highest BCUT2D eigenvalue weighted by Gasteiger charge is 2.27. The maximum Gasteiger partial charge on any atom is 0.255 e. The summed E-state index contributed by atoms with van der Waals surface area (Å²) >= 11 is 6.02. The number of nitrogens with one attached hydrogen (secondary N) is 2. The lowest BCUT2D eigenvalue weighted by atomic mass is 9.99. The van der Waals surface area contributed by atoms with E-state index in [4.69, 9.17) is 16.3 Å². The quantitative estimate of drug-likeness (QED) is 0.857. The molecule has 1 atom stereocenters. The van der Waals surface area contributed by atoms with Crippen LogP contribution in [0.25, 0.3) is 0 Å². The predicted molar refractivity (Wildman–Crippen MR) is 84.2 cm³/mol. The van der Waals surface area contributed by atoms with Crippen molar-refractivity contribution >= 4 is 17.5 Å². The highest BCUT2D eigenvalue weighted by molar-refractivity contribution is 6.31. The molecule has 1 amide bonds. The third-order valence-corrected chi connectivity index (χ3v) is 3.81. The standard InChI is InChI=1S/C15H19ClN4O2/c1-4-15(3,9-22-14-12(16)6-5-7-17-14)19-13(21)11-8-18-20-10(11)2/h5-8H,4,9H2,1-3H3,(H,18,20)(H,19,21). The van der Waals surface area contributed by atoms with Crippen molar-refractivity contribution in [3.05, 3.63) is 40.8 Å². The van der Waals surface area contributed by atoms with Gasteiger partial charge in [-0.25, -0.2) is 4.98 Å². The van der Waals surface area contributed by atoms with Crippen LogP contribution in [0.5, 0.6) is 5.88 Å². The molecule has 2 N–H and O–H groups in total. The second-order valence-electron chi connectivity index (χ2n) is 5.36. The van der Waals surface area contributed by atoms with E-state index in [2.05, 4.69) is 20.5 Å². The Morgan fingerprint density at radius 1 is 1.55 bits per heavy atom. The molecule has 1 unspecified atom stereocenters. The number of amides is 1. The van der Waals surface area contributed by atoms with E-state index in [1.807, 2.05) is 13.8 Å². The number of H-pyrrole nitrogens is 1. The summed E-state index contributed by atoms with van der Waals surface area (Å²) in [5.41, 5.74) is 0.710. The van der Waals surface area contributed by atoms with Crippen LogP contribution in [0.4, 0.5) is 0 Å². The van der Waals surface area contributed by atoms with Gasteiger partial charge in [0.2, 0.25) is 5.88 Å². The smallest absolute Gasteiger partial charge is 0.255 e. The number of hydrogen-bond donors (Lipinski definition) is 2. The Labute approximate surface area is 134 Å². The highest BCUT2D eigenvalue weighted by atomic mass is 35.5. The number of carbonyl (C=O) groups is 1. The molecule has 2 heterocycles. The Bertz CT molecular complexity index is 658. The van der Waals surface area contributed by atoms with Crippen LogP contribution in [0.15, 0.2) is 24.5 Å². The van der Waals surface area contributed by atoms with Crippen molar-refractivity contribution in [2.75, 3.05) is 6.61 Å². The van der Waals surface area contributed by atoms with E-state index < -0.39 is 5.54 Å². The molecule has 0 spiro atoms. The zero-order valence-electron chi connectivity index (χ0n) is 12.8. The zero-order chi connectivity index (χ0) is 16.2. The minimum absolute atomic E-state index is 0.189. The van der Waals surface area contributed by atoms with E-state index in [-0.39, 0.29) is 12.5 Å². The van der Waals surface area contributed by atoms with E-state index >= 15 is 0 Å². The molecule has 0 aliphatic rings. The highest BCUT2D eigenvalue weighted by Crippen LogP contribution is 2.22. The Morgan fingerprint density at radius 3 is 2.91 bits per heavy atom. The zero-order valence-corrected chi connectivity index (χ0v) is 13.6. The monoisotopic (exact) mass is 322 g/mol. The van der Waals surface area contributed by atoms with Crippen molar-refractivity contribution < 1.29 is 9.53 Å². The Kier molecular flexibility index (Phi) is 5.03. The Hall–Kier alpha value is -2.08. The number of aromatic amines is 1. The van der Waals surface area contributed by atoms with Crippen LogP contribution in [0.2, 0.25) is 5.02 Å². The number of nitrogens with zero attached hydrogens (tertiary/aromatic N) is 2. The van der Waals surface area contributed by atoms with Crippen LogP contribution in [0.3, 0.4) is 0 Å². The molecule has 2 rings (SSSR count). The van der Waals surface area contributed by atoms with Crippen LogP contribution in [0, 0.1) is 6.92 Å². The summed E-state index contributed by atoms with van der Waals surface area (Å²) in [7, 11) is 0. The van der Waals surface area contributed by atoms with Gasteiger partial charge in [0.05, 0.1) is 17.3 Å². The van der Waals surface area contributed by atoms with Gasteiger partial charge in [-0.1, -0.05) is 18.5 Å². The van der Waals surface area contributed by atoms with E-state index in [1.165, 1.54) is 6.20 Å². The van der Waals surface area contributed by atoms with Crippen LogP contribution in [-0.4, -0.2) is 33.2 Å². The van der Waals surface area contributed by atoms with Gasteiger partial charge in [0, 0.05) is 11.9 Å². The van der Waals surface area contributed by atoms with Gasteiger partial charge < -0.3 is 10.1 Å².